The Hall–Kier alpha value is -1.22. The van der Waals surface area contributed by atoms with Crippen molar-refractivity contribution in [2.45, 2.75) is 18.1 Å². The van der Waals surface area contributed by atoms with Gasteiger partial charge in [0.1, 0.15) is 5.76 Å². The Balaban J connectivity index is 2.20. The van der Waals surface area contributed by atoms with Crippen LogP contribution >= 0.6 is 11.8 Å². The van der Waals surface area contributed by atoms with Crippen LogP contribution in [0.4, 0.5) is 0 Å². The zero-order valence-electron chi connectivity index (χ0n) is 8.43. The van der Waals surface area contributed by atoms with Crippen molar-refractivity contribution in [3.8, 4) is 0 Å². The summed E-state index contributed by atoms with van der Waals surface area (Å²) in [5.41, 5.74) is 1.13. The minimum Gasteiger partial charge on any atom is -0.511 e. The van der Waals surface area contributed by atoms with Crippen molar-refractivity contribution in [2.75, 3.05) is 0 Å². The summed E-state index contributed by atoms with van der Waals surface area (Å²) in [6.45, 7) is 1.89. The molecule has 1 N–H and O–H groups in total. The van der Waals surface area contributed by atoms with E-state index < -0.39 is 4.75 Å². The Morgan fingerprint density at radius 2 is 2.00 bits per heavy atom. The van der Waals surface area contributed by atoms with Crippen molar-refractivity contribution >= 4 is 16.9 Å². The molecule has 1 atom stereocenters. The predicted octanol–water partition coefficient (Wildman–Crippen LogP) is 2.70. The average Bonchev–Trinajstić information content (AvgIpc) is 2.41. The Labute approximate surface area is 93.0 Å². The van der Waals surface area contributed by atoms with Crippen molar-refractivity contribution in [3.63, 3.8) is 0 Å². The summed E-state index contributed by atoms with van der Waals surface area (Å²) in [7, 11) is 0. The molecule has 2 rings (SSSR count). The van der Waals surface area contributed by atoms with Gasteiger partial charge in [0.2, 0.25) is 5.12 Å². The number of hydrogen-bond acceptors (Lipinski definition) is 3. The van der Waals surface area contributed by atoms with E-state index in [1.165, 1.54) is 17.8 Å². The first-order valence-electron chi connectivity index (χ1n) is 4.78. The van der Waals surface area contributed by atoms with Gasteiger partial charge in [0, 0.05) is 6.08 Å². The zero-order valence-corrected chi connectivity index (χ0v) is 9.25. The topological polar surface area (TPSA) is 37.3 Å². The smallest absolute Gasteiger partial charge is 0.216 e. The van der Waals surface area contributed by atoms with Gasteiger partial charge in [-0.05, 0) is 18.9 Å². The number of aliphatic hydroxyl groups excluding tert-OH is 1. The zero-order chi connectivity index (χ0) is 10.9. The minimum atomic E-state index is -0.488. The molecule has 1 heterocycles. The van der Waals surface area contributed by atoms with Crippen molar-refractivity contribution < 1.29 is 9.90 Å². The molecule has 78 valence electrons. The van der Waals surface area contributed by atoms with Crippen LogP contribution in [-0.2, 0) is 11.2 Å². The highest BCUT2D eigenvalue weighted by molar-refractivity contribution is 8.15. The molecule has 0 saturated heterocycles. The Kier molecular flexibility index (Phi) is 2.57. The van der Waals surface area contributed by atoms with Crippen LogP contribution in [0.2, 0.25) is 0 Å². The van der Waals surface area contributed by atoms with Gasteiger partial charge in [0.05, 0.1) is 4.75 Å². The van der Waals surface area contributed by atoms with Crippen LogP contribution in [0.25, 0.3) is 0 Å². The fourth-order valence-electron chi connectivity index (χ4n) is 1.68. The van der Waals surface area contributed by atoms with E-state index in [-0.39, 0.29) is 10.9 Å². The molecule has 0 aromatic heterocycles. The first kappa shape index (κ1) is 10.3. The monoisotopic (exact) mass is 220 g/mol. The standard InChI is InChI=1S/C12H12O2S/c1-12(10(13)7-11(14)15-12)8-9-5-3-2-4-6-9/h2-7,13H,8H2,1H3/t12-/m1/s1. The number of benzene rings is 1. The molecular formula is C12H12O2S. The summed E-state index contributed by atoms with van der Waals surface area (Å²) in [5.74, 6) is 0.182. The van der Waals surface area contributed by atoms with E-state index in [0.29, 0.717) is 6.42 Å². The number of thioether (sulfide) groups is 1. The normalized spacial score (nSPS) is 25.4. The highest BCUT2D eigenvalue weighted by Gasteiger charge is 2.38. The van der Waals surface area contributed by atoms with Gasteiger partial charge in [-0.1, -0.05) is 42.1 Å². The highest BCUT2D eigenvalue weighted by Crippen LogP contribution is 2.40. The second kappa shape index (κ2) is 3.74. The number of hydrogen-bond donors (Lipinski definition) is 1. The predicted molar refractivity (Wildman–Crippen MR) is 61.9 cm³/mol. The summed E-state index contributed by atoms with van der Waals surface area (Å²) in [5, 5.41) is 9.64. The van der Waals surface area contributed by atoms with Crippen LogP contribution in [-0.4, -0.2) is 15.0 Å². The van der Waals surface area contributed by atoms with E-state index in [9.17, 15) is 9.90 Å². The lowest BCUT2D eigenvalue weighted by Gasteiger charge is -2.22. The SMILES string of the molecule is C[C@]1(Cc2ccccc2)SC(=O)C=C1O. The van der Waals surface area contributed by atoms with E-state index in [1.807, 2.05) is 37.3 Å². The first-order chi connectivity index (χ1) is 7.10. The fraction of sp³-hybridized carbons (Fsp3) is 0.250. The fourth-order valence-corrected chi connectivity index (χ4v) is 2.70. The Morgan fingerprint density at radius 1 is 1.33 bits per heavy atom. The lowest BCUT2D eigenvalue weighted by atomic mass is 9.98. The molecular weight excluding hydrogens is 208 g/mol. The maximum atomic E-state index is 11.2. The van der Waals surface area contributed by atoms with Gasteiger partial charge in [-0.3, -0.25) is 4.79 Å². The Morgan fingerprint density at radius 3 is 2.53 bits per heavy atom. The molecule has 2 nitrogen and oxygen atoms in total. The summed E-state index contributed by atoms with van der Waals surface area (Å²) in [4.78, 5) is 11.2. The van der Waals surface area contributed by atoms with E-state index in [1.54, 1.807) is 0 Å². The maximum Gasteiger partial charge on any atom is 0.216 e. The van der Waals surface area contributed by atoms with Gasteiger partial charge >= 0.3 is 0 Å². The quantitative estimate of drug-likeness (QED) is 0.832. The second-order valence-corrected chi connectivity index (χ2v) is 5.35. The summed E-state index contributed by atoms with van der Waals surface area (Å²) in [6.07, 6.45) is 1.99. The van der Waals surface area contributed by atoms with E-state index in [2.05, 4.69) is 0 Å². The minimum absolute atomic E-state index is 0.0640. The highest BCUT2D eigenvalue weighted by atomic mass is 32.2. The summed E-state index contributed by atoms with van der Waals surface area (Å²) >= 11 is 1.19. The number of carbonyl (C=O) groups excluding carboxylic acids is 1. The lowest BCUT2D eigenvalue weighted by Crippen LogP contribution is -2.23. The van der Waals surface area contributed by atoms with E-state index >= 15 is 0 Å². The molecule has 3 heteroatoms. The second-order valence-electron chi connectivity index (χ2n) is 3.84. The summed E-state index contributed by atoms with van der Waals surface area (Å²) in [6, 6.07) is 9.88. The molecule has 0 bridgehead atoms. The third kappa shape index (κ3) is 2.07. The lowest BCUT2D eigenvalue weighted by molar-refractivity contribution is -0.106. The molecule has 0 amide bonds. The van der Waals surface area contributed by atoms with Gasteiger partial charge < -0.3 is 5.11 Å². The molecule has 0 fully saturated rings. The third-order valence-corrected chi connectivity index (χ3v) is 3.63. The van der Waals surface area contributed by atoms with E-state index in [4.69, 9.17) is 0 Å². The molecule has 0 saturated carbocycles. The average molecular weight is 220 g/mol. The number of rotatable bonds is 2. The van der Waals surface area contributed by atoms with Crippen LogP contribution in [0, 0.1) is 0 Å². The molecule has 0 radical (unpaired) electrons. The molecule has 1 aromatic carbocycles. The number of aliphatic hydroxyl groups is 1. The molecule has 0 aliphatic carbocycles. The largest absolute Gasteiger partial charge is 0.511 e. The molecule has 15 heavy (non-hydrogen) atoms. The Bertz CT molecular complexity index is 411. The third-order valence-electron chi connectivity index (χ3n) is 2.51. The number of carbonyl (C=O) groups is 1. The van der Waals surface area contributed by atoms with Gasteiger partial charge in [0.15, 0.2) is 0 Å². The van der Waals surface area contributed by atoms with Gasteiger partial charge in [0.25, 0.3) is 0 Å². The van der Waals surface area contributed by atoms with Crippen molar-refractivity contribution in [1.29, 1.82) is 0 Å². The van der Waals surface area contributed by atoms with Crippen LogP contribution in [0.5, 0.6) is 0 Å². The van der Waals surface area contributed by atoms with Gasteiger partial charge in [-0.15, -0.1) is 0 Å². The van der Waals surface area contributed by atoms with Crippen LogP contribution in [0.3, 0.4) is 0 Å². The molecule has 0 unspecified atom stereocenters. The first-order valence-corrected chi connectivity index (χ1v) is 5.60. The summed E-state index contributed by atoms with van der Waals surface area (Å²) < 4.78 is -0.488. The van der Waals surface area contributed by atoms with Crippen LogP contribution in [0.15, 0.2) is 42.2 Å². The molecule has 1 aliphatic heterocycles. The van der Waals surface area contributed by atoms with Crippen molar-refractivity contribution in [3.05, 3.63) is 47.7 Å². The van der Waals surface area contributed by atoms with Crippen LogP contribution in [0.1, 0.15) is 12.5 Å². The maximum absolute atomic E-state index is 11.2. The van der Waals surface area contributed by atoms with Gasteiger partial charge in [-0.25, -0.2) is 0 Å². The van der Waals surface area contributed by atoms with Gasteiger partial charge in [-0.2, -0.15) is 0 Å². The molecule has 1 aliphatic rings. The van der Waals surface area contributed by atoms with Crippen molar-refractivity contribution in [2.24, 2.45) is 0 Å². The van der Waals surface area contributed by atoms with E-state index in [0.717, 1.165) is 5.56 Å². The molecule has 0 spiro atoms. The van der Waals surface area contributed by atoms with Crippen LogP contribution < -0.4 is 0 Å². The molecule has 1 aromatic rings. The van der Waals surface area contributed by atoms with Crippen molar-refractivity contribution in [1.82, 2.24) is 0 Å².